The van der Waals surface area contributed by atoms with Crippen molar-refractivity contribution in [3.05, 3.63) is 0 Å². The van der Waals surface area contributed by atoms with E-state index in [0.29, 0.717) is 6.42 Å². The number of hydrogen-bond donors (Lipinski definition) is 3. The number of aliphatic hydroxyl groups excluding tert-OH is 3. The van der Waals surface area contributed by atoms with Crippen LogP contribution in [-0.2, 0) is 14.3 Å². The molecular weight excluding hydrogens is 324 g/mol. The molecule has 3 N–H and O–H groups in total. The molecule has 1 saturated heterocycles. The van der Waals surface area contributed by atoms with Gasteiger partial charge in [-0.2, -0.15) is 0 Å². The fraction of sp³-hybridized carbons (Fsp3) is 0.947. The van der Waals surface area contributed by atoms with Crippen LogP contribution in [0.3, 0.4) is 0 Å². The van der Waals surface area contributed by atoms with Gasteiger partial charge in [-0.05, 0) is 6.42 Å². The van der Waals surface area contributed by atoms with Gasteiger partial charge < -0.3 is 24.8 Å². The third-order valence-electron chi connectivity index (χ3n) is 4.72. The SMILES string of the molecule is CCCCCCCCCCCCC(=O)OC[C@@H](O)[C@H]1OC[C@@H](O)[C@H]1O. The maximum Gasteiger partial charge on any atom is 0.305 e. The minimum absolute atomic E-state index is 0.0184. The second-order valence-corrected chi connectivity index (χ2v) is 7.04. The van der Waals surface area contributed by atoms with E-state index in [9.17, 15) is 20.1 Å². The Labute approximate surface area is 151 Å². The van der Waals surface area contributed by atoms with Crippen LogP contribution in [0.1, 0.15) is 77.6 Å². The molecule has 0 saturated carbocycles. The van der Waals surface area contributed by atoms with Crippen LogP contribution in [0.2, 0.25) is 0 Å². The summed E-state index contributed by atoms with van der Waals surface area (Å²) in [4.78, 5) is 11.7. The highest BCUT2D eigenvalue weighted by Gasteiger charge is 2.39. The summed E-state index contributed by atoms with van der Waals surface area (Å²) >= 11 is 0. The van der Waals surface area contributed by atoms with Gasteiger partial charge in [0.25, 0.3) is 0 Å². The Hall–Kier alpha value is -0.690. The number of rotatable bonds is 14. The molecule has 6 heteroatoms. The van der Waals surface area contributed by atoms with Crippen molar-refractivity contribution in [1.29, 1.82) is 0 Å². The maximum atomic E-state index is 11.7. The van der Waals surface area contributed by atoms with Crippen molar-refractivity contribution in [3.8, 4) is 0 Å². The first-order valence-electron chi connectivity index (χ1n) is 9.87. The predicted molar refractivity (Wildman–Crippen MR) is 95.2 cm³/mol. The number of esters is 1. The van der Waals surface area contributed by atoms with E-state index < -0.39 is 24.4 Å². The summed E-state index contributed by atoms with van der Waals surface area (Å²) in [5, 5.41) is 28.8. The topological polar surface area (TPSA) is 96.2 Å². The largest absolute Gasteiger partial charge is 0.463 e. The first-order valence-corrected chi connectivity index (χ1v) is 9.87. The van der Waals surface area contributed by atoms with Crippen molar-refractivity contribution < 1.29 is 29.6 Å². The summed E-state index contributed by atoms with van der Waals surface area (Å²) in [6, 6.07) is 0. The van der Waals surface area contributed by atoms with Gasteiger partial charge in [-0.1, -0.05) is 64.7 Å². The zero-order valence-corrected chi connectivity index (χ0v) is 15.6. The smallest absolute Gasteiger partial charge is 0.305 e. The second kappa shape index (κ2) is 13.5. The number of unbranched alkanes of at least 4 members (excludes halogenated alkanes) is 9. The van der Waals surface area contributed by atoms with Crippen molar-refractivity contribution in [2.45, 2.75) is 102 Å². The molecule has 25 heavy (non-hydrogen) atoms. The fourth-order valence-corrected chi connectivity index (χ4v) is 3.07. The lowest BCUT2D eigenvalue weighted by Gasteiger charge is -2.20. The average Bonchev–Trinajstić information content (AvgIpc) is 2.93. The van der Waals surface area contributed by atoms with E-state index in [1.165, 1.54) is 44.9 Å². The number of hydrogen-bond acceptors (Lipinski definition) is 6. The van der Waals surface area contributed by atoms with E-state index in [1.807, 2.05) is 0 Å². The zero-order valence-electron chi connectivity index (χ0n) is 15.6. The van der Waals surface area contributed by atoms with Crippen LogP contribution < -0.4 is 0 Å². The highest BCUT2D eigenvalue weighted by molar-refractivity contribution is 5.69. The highest BCUT2D eigenvalue weighted by Crippen LogP contribution is 2.18. The molecule has 0 aromatic heterocycles. The highest BCUT2D eigenvalue weighted by atomic mass is 16.6. The molecule has 1 fully saturated rings. The predicted octanol–water partition coefficient (Wildman–Crippen LogP) is 2.32. The normalized spacial score (nSPS) is 24.4. The Morgan fingerprint density at radius 2 is 1.60 bits per heavy atom. The maximum absolute atomic E-state index is 11.7. The Balaban J connectivity index is 1.93. The van der Waals surface area contributed by atoms with Gasteiger partial charge in [-0.3, -0.25) is 4.79 Å². The van der Waals surface area contributed by atoms with Crippen LogP contribution in [0.15, 0.2) is 0 Å². The van der Waals surface area contributed by atoms with Gasteiger partial charge >= 0.3 is 5.97 Å². The molecule has 6 nitrogen and oxygen atoms in total. The fourth-order valence-electron chi connectivity index (χ4n) is 3.07. The molecule has 0 radical (unpaired) electrons. The second-order valence-electron chi connectivity index (χ2n) is 7.04. The third kappa shape index (κ3) is 9.54. The van der Waals surface area contributed by atoms with E-state index in [4.69, 9.17) is 9.47 Å². The Morgan fingerprint density at radius 3 is 2.12 bits per heavy atom. The van der Waals surface area contributed by atoms with E-state index in [-0.39, 0.29) is 19.2 Å². The molecule has 0 aromatic carbocycles. The Kier molecular flexibility index (Phi) is 12.1. The zero-order chi connectivity index (χ0) is 18.5. The van der Waals surface area contributed by atoms with Crippen LogP contribution in [-0.4, -0.2) is 58.9 Å². The van der Waals surface area contributed by atoms with Crippen LogP contribution >= 0.6 is 0 Å². The quantitative estimate of drug-likeness (QED) is 0.325. The molecule has 1 aliphatic heterocycles. The van der Waals surface area contributed by atoms with Crippen LogP contribution in [0.5, 0.6) is 0 Å². The van der Waals surface area contributed by atoms with Crippen molar-refractivity contribution in [1.82, 2.24) is 0 Å². The van der Waals surface area contributed by atoms with Gasteiger partial charge in [-0.15, -0.1) is 0 Å². The van der Waals surface area contributed by atoms with E-state index in [1.54, 1.807) is 0 Å². The van der Waals surface area contributed by atoms with Crippen LogP contribution in [0.4, 0.5) is 0 Å². The van der Waals surface area contributed by atoms with Gasteiger partial charge in [0.15, 0.2) is 0 Å². The minimum Gasteiger partial charge on any atom is -0.463 e. The van der Waals surface area contributed by atoms with E-state index in [0.717, 1.165) is 19.3 Å². The number of carbonyl (C=O) groups is 1. The summed E-state index contributed by atoms with van der Waals surface area (Å²) in [7, 11) is 0. The lowest BCUT2D eigenvalue weighted by molar-refractivity contribution is -0.151. The van der Waals surface area contributed by atoms with Crippen LogP contribution in [0, 0.1) is 0 Å². The Bertz CT molecular complexity index is 349. The first kappa shape index (κ1) is 22.4. The molecule has 1 rings (SSSR count). The molecule has 0 bridgehead atoms. The minimum atomic E-state index is -1.14. The van der Waals surface area contributed by atoms with Crippen LogP contribution in [0.25, 0.3) is 0 Å². The first-order chi connectivity index (χ1) is 12.1. The van der Waals surface area contributed by atoms with E-state index >= 15 is 0 Å². The standard InChI is InChI=1S/C19H36O6/c1-2-3-4-5-6-7-8-9-10-11-12-17(22)24-14-16(21)19-18(23)15(20)13-25-19/h15-16,18-21,23H,2-14H2,1H3/t15-,16-,18-,19-/m1/s1. The van der Waals surface area contributed by atoms with Gasteiger partial charge in [0.2, 0.25) is 0 Å². The molecule has 1 heterocycles. The number of ether oxygens (including phenoxy) is 2. The summed E-state index contributed by atoms with van der Waals surface area (Å²) < 4.78 is 10.1. The molecule has 1 aliphatic rings. The summed E-state index contributed by atoms with van der Waals surface area (Å²) in [5.41, 5.74) is 0. The molecule has 0 amide bonds. The Morgan fingerprint density at radius 1 is 1.04 bits per heavy atom. The monoisotopic (exact) mass is 360 g/mol. The molecule has 0 aliphatic carbocycles. The molecular formula is C19H36O6. The lowest BCUT2D eigenvalue weighted by Crippen LogP contribution is -2.41. The van der Waals surface area contributed by atoms with Gasteiger partial charge in [-0.25, -0.2) is 0 Å². The van der Waals surface area contributed by atoms with Crippen molar-refractivity contribution in [3.63, 3.8) is 0 Å². The number of carbonyl (C=O) groups excluding carboxylic acids is 1. The summed E-state index contributed by atoms with van der Waals surface area (Å²) in [6.45, 7) is 1.99. The van der Waals surface area contributed by atoms with E-state index in [2.05, 4.69) is 6.92 Å². The van der Waals surface area contributed by atoms with Crippen molar-refractivity contribution in [2.75, 3.05) is 13.2 Å². The molecule has 0 aromatic rings. The lowest BCUT2D eigenvalue weighted by atomic mass is 10.1. The average molecular weight is 360 g/mol. The molecule has 0 spiro atoms. The molecule has 148 valence electrons. The van der Waals surface area contributed by atoms with Gasteiger partial charge in [0, 0.05) is 6.42 Å². The van der Waals surface area contributed by atoms with Crippen molar-refractivity contribution >= 4 is 5.97 Å². The number of aliphatic hydroxyl groups is 3. The van der Waals surface area contributed by atoms with Gasteiger partial charge in [0.1, 0.15) is 31.0 Å². The third-order valence-corrected chi connectivity index (χ3v) is 4.72. The van der Waals surface area contributed by atoms with Gasteiger partial charge in [0.05, 0.1) is 6.61 Å². The summed E-state index contributed by atoms with van der Waals surface area (Å²) in [5.74, 6) is -0.341. The molecule has 4 atom stereocenters. The van der Waals surface area contributed by atoms with Crippen molar-refractivity contribution in [2.24, 2.45) is 0 Å². The molecule has 0 unspecified atom stereocenters. The summed E-state index contributed by atoms with van der Waals surface area (Å²) in [6.07, 6.45) is 8.24.